The zero-order valence-corrected chi connectivity index (χ0v) is 42.1. The molecule has 0 fully saturated rings. The Kier molecular flexibility index (Phi) is 23.5. The quantitative estimate of drug-likeness (QED) is 0.0476. The molecule has 0 saturated carbocycles. The Morgan fingerprint density at radius 2 is 1.12 bits per heavy atom. The summed E-state index contributed by atoms with van der Waals surface area (Å²) in [6.45, 7) is 25.7. The summed E-state index contributed by atoms with van der Waals surface area (Å²) >= 11 is 0. The van der Waals surface area contributed by atoms with Gasteiger partial charge in [0.25, 0.3) is 0 Å². The molecule has 0 aliphatic rings. The van der Waals surface area contributed by atoms with Gasteiger partial charge in [-0.3, -0.25) is 26.4 Å². The summed E-state index contributed by atoms with van der Waals surface area (Å²) in [4.78, 5) is 89.5. The van der Waals surface area contributed by atoms with Gasteiger partial charge < -0.3 is 38.5 Å². The van der Waals surface area contributed by atoms with Crippen LogP contribution in [0.3, 0.4) is 0 Å². The molecule has 0 aliphatic carbocycles. The van der Waals surface area contributed by atoms with Crippen molar-refractivity contribution in [3.8, 4) is 5.88 Å². The van der Waals surface area contributed by atoms with Crippen molar-refractivity contribution in [3.63, 3.8) is 0 Å². The fraction of sp³-hybridized carbons (Fsp3) is 0.689. The van der Waals surface area contributed by atoms with Gasteiger partial charge in [-0.05, 0) is 136 Å². The van der Waals surface area contributed by atoms with Crippen molar-refractivity contribution in [1.29, 1.82) is 5.41 Å². The molecule has 0 atom stereocenters. The van der Waals surface area contributed by atoms with Crippen molar-refractivity contribution >= 4 is 54.4 Å². The van der Waals surface area contributed by atoms with Crippen LogP contribution >= 0.6 is 0 Å². The Bertz CT molecular complexity index is 1840. The van der Waals surface area contributed by atoms with E-state index in [1.54, 1.807) is 110 Å². The molecule has 1 aromatic heterocycles. The maximum absolute atomic E-state index is 13.5. The number of nitrogens with one attached hydrogen (secondary N) is 5. The molecule has 1 aromatic rings. The highest BCUT2D eigenvalue weighted by atomic mass is 16.6. The molecule has 0 spiro atoms. The third-order valence-corrected chi connectivity index (χ3v) is 7.40. The highest BCUT2D eigenvalue weighted by Crippen LogP contribution is 2.16. The van der Waals surface area contributed by atoms with Crippen molar-refractivity contribution in [1.82, 2.24) is 31.2 Å². The summed E-state index contributed by atoms with van der Waals surface area (Å²) in [5.74, 6) is -0.0648. The number of hydrogen-bond acceptors (Lipinski definition) is 16. The minimum absolute atomic E-state index is 0.104. The Hall–Kier alpha value is -6.22. The SMILES string of the molecule is CC(C)(C)OC(=O)N=C(OC(=O)NCCCCCCCN=C(NC(=O)OC(C)(C)C)NC(=O)OC(C)(C)C)N(CCCCOc1ccc(C(=N)NC(=O)OC(C)(C)C)cn1)C(=O)OC(C)(C)C. The predicted molar refractivity (Wildman–Crippen MR) is 250 cm³/mol. The fourth-order valence-electron chi connectivity index (χ4n) is 4.90. The van der Waals surface area contributed by atoms with Gasteiger partial charge >= 0.3 is 42.6 Å². The number of alkyl carbamates (subject to hydrolysis) is 4. The first-order valence-electron chi connectivity index (χ1n) is 22.2. The summed E-state index contributed by atoms with van der Waals surface area (Å²) in [7, 11) is 0. The summed E-state index contributed by atoms with van der Waals surface area (Å²) in [6.07, 6.45) is 0.0464. The first-order chi connectivity index (χ1) is 30.7. The lowest BCUT2D eigenvalue weighted by Crippen LogP contribution is -2.47. The standard InChI is InChI=1S/C45H75N9O13/c1-41(2,3)63-36(56)50-32(46)30-23-24-31(49-29-30)61-28-22-21-27-54(40(60)67-45(13,14)15)34(53-39(59)66-44(10,11)12)62-35(55)48-26-20-18-16-17-19-25-47-33(51-37(57)64-42(4,5)6)52-38(58)65-43(7,8)9/h23-24,29H,16-22,25-28H2,1-15H3,(H,48,55)(H2,46,50,56)(H2,47,51,52,57,58). The van der Waals surface area contributed by atoms with E-state index in [-0.39, 0.29) is 50.3 Å². The molecule has 0 bridgehead atoms. The van der Waals surface area contributed by atoms with Crippen LogP contribution < -0.4 is 26.0 Å². The summed E-state index contributed by atoms with van der Waals surface area (Å²) in [6, 6.07) is 2.43. The van der Waals surface area contributed by atoms with Gasteiger partial charge in [-0.15, -0.1) is 4.99 Å². The van der Waals surface area contributed by atoms with E-state index in [9.17, 15) is 28.8 Å². The van der Waals surface area contributed by atoms with E-state index in [1.165, 1.54) is 12.3 Å². The number of pyridine rings is 1. The van der Waals surface area contributed by atoms with E-state index in [4.69, 9.17) is 38.6 Å². The largest absolute Gasteiger partial charge is 0.478 e. The minimum Gasteiger partial charge on any atom is -0.478 e. The second-order valence-corrected chi connectivity index (χ2v) is 20.0. The number of amides is 6. The first kappa shape index (κ1) is 58.8. The number of rotatable bonds is 15. The van der Waals surface area contributed by atoms with Gasteiger partial charge in [-0.1, -0.05) is 19.3 Å². The average Bonchev–Trinajstić information content (AvgIpc) is 3.11. The Balaban J connectivity index is 2.89. The van der Waals surface area contributed by atoms with Crippen LogP contribution in [0.15, 0.2) is 28.3 Å². The van der Waals surface area contributed by atoms with Crippen LogP contribution in [0, 0.1) is 5.41 Å². The van der Waals surface area contributed by atoms with Gasteiger partial charge in [0.2, 0.25) is 11.8 Å². The highest BCUT2D eigenvalue weighted by Gasteiger charge is 2.30. The lowest BCUT2D eigenvalue weighted by atomic mass is 10.1. The van der Waals surface area contributed by atoms with Gasteiger partial charge in [-0.2, -0.15) is 0 Å². The van der Waals surface area contributed by atoms with Gasteiger partial charge in [0.15, 0.2) is 0 Å². The topological polar surface area (TPSA) is 280 Å². The minimum atomic E-state index is -1.10. The number of guanidine groups is 1. The number of unbranched alkanes of at least 4 members (excludes halogenated alkanes) is 5. The summed E-state index contributed by atoms with van der Waals surface area (Å²) in [5.41, 5.74) is -3.85. The zero-order chi connectivity index (χ0) is 51.2. The van der Waals surface area contributed by atoms with Crippen LogP contribution in [-0.2, 0) is 28.4 Å². The van der Waals surface area contributed by atoms with Crippen LogP contribution in [-0.4, -0.2) is 119 Å². The number of hydrogen-bond donors (Lipinski definition) is 5. The number of aliphatic imine (C=N–C) groups is 2. The van der Waals surface area contributed by atoms with E-state index in [0.717, 1.165) is 17.7 Å². The van der Waals surface area contributed by atoms with Crippen molar-refractivity contribution in [3.05, 3.63) is 23.9 Å². The average molecular weight is 950 g/mol. The number of aromatic nitrogens is 1. The zero-order valence-electron chi connectivity index (χ0n) is 42.1. The molecule has 0 radical (unpaired) electrons. The van der Waals surface area contributed by atoms with Crippen LogP contribution in [0.25, 0.3) is 0 Å². The lowest BCUT2D eigenvalue weighted by Gasteiger charge is -2.27. The van der Waals surface area contributed by atoms with E-state index in [2.05, 4.69) is 36.2 Å². The second kappa shape index (κ2) is 26.8. The molecule has 22 nitrogen and oxygen atoms in total. The van der Waals surface area contributed by atoms with Crippen LogP contribution in [0.5, 0.6) is 5.88 Å². The smallest absolute Gasteiger partial charge is 0.438 e. The van der Waals surface area contributed by atoms with Gasteiger partial charge in [-0.25, -0.2) is 38.7 Å². The van der Waals surface area contributed by atoms with E-state index in [0.29, 0.717) is 31.2 Å². The molecule has 0 saturated heterocycles. The molecule has 1 heterocycles. The molecule has 5 N–H and O–H groups in total. The molecular formula is C45H75N9O13. The van der Waals surface area contributed by atoms with Crippen molar-refractivity contribution in [2.45, 2.75) is 177 Å². The third-order valence-electron chi connectivity index (χ3n) is 7.40. The Morgan fingerprint density at radius 3 is 1.63 bits per heavy atom. The fourth-order valence-corrected chi connectivity index (χ4v) is 4.90. The summed E-state index contributed by atoms with van der Waals surface area (Å²) in [5, 5.41) is 18.0. The lowest BCUT2D eigenvalue weighted by molar-refractivity contribution is 0.0330. The van der Waals surface area contributed by atoms with Gasteiger partial charge in [0.05, 0.1) is 6.61 Å². The number of ether oxygens (including phenoxy) is 7. The van der Waals surface area contributed by atoms with E-state index >= 15 is 0 Å². The van der Waals surface area contributed by atoms with Crippen LogP contribution in [0.1, 0.15) is 154 Å². The molecule has 0 aromatic carbocycles. The number of nitrogens with zero attached hydrogens (tertiary/aromatic N) is 4. The third kappa shape index (κ3) is 30.6. The normalized spacial score (nSPS) is 12.1. The van der Waals surface area contributed by atoms with E-state index < -0.39 is 70.6 Å². The van der Waals surface area contributed by atoms with Crippen molar-refractivity contribution < 1.29 is 61.9 Å². The molecule has 6 amide bonds. The van der Waals surface area contributed by atoms with Crippen molar-refractivity contribution in [2.75, 3.05) is 26.2 Å². The van der Waals surface area contributed by atoms with Gasteiger partial charge in [0, 0.05) is 37.5 Å². The second-order valence-electron chi connectivity index (χ2n) is 20.0. The Labute approximate surface area is 394 Å². The summed E-state index contributed by atoms with van der Waals surface area (Å²) < 4.78 is 37.8. The monoisotopic (exact) mass is 950 g/mol. The van der Waals surface area contributed by atoms with Crippen molar-refractivity contribution in [2.24, 2.45) is 9.98 Å². The molecule has 0 unspecified atom stereocenters. The molecule has 67 heavy (non-hydrogen) atoms. The maximum atomic E-state index is 13.5. The molecular weight excluding hydrogens is 875 g/mol. The van der Waals surface area contributed by atoms with Gasteiger partial charge in [0.1, 0.15) is 33.8 Å². The first-order valence-corrected chi connectivity index (χ1v) is 22.2. The molecule has 378 valence electrons. The number of amidine groups is 2. The predicted octanol–water partition coefficient (Wildman–Crippen LogP) is 8.70. The Morgan fingerprint density at radius 1 is 0.612 bits per heavy atom. The number of carbonyl (C=O) groups excluding carboxylic acids is 6. The highest BCUT2D eigenvalue weighted by molar-refractivity contribution is 6.04. The number of carbonyl (C=O) groups is 6. The van der Waals surface area contributed by atoms with Crippen LogP contribution in [0.4, 0.5) is 28.8 Å². The van der Waals surface area contributed by atoms with Crippen LogP contribution in [0.2, 0.25) is 0 Å². The molecule has 0 aliphatic heterocycles. The maximum Gasteiger partial charge on any atom is 0.438 e. The molecule has 22 heteroatoms. The molecule has 1 rings (SSSR count). The van der Waals surface area contributed by atoms with E-state index in [1.807, 2.05) is 0 Å².